The number of ether oxygens (including phenoxy) is 1. The van der Waals surface area contributed by atoms with Crippen molar-refractivity contribution in [3.05, 3.63) is 29.8 Å². The van der Waals surface area contributed by atoms with Gasteiger partial charge in [-0.25, -0.2) is 0 Å². The molecule has 4 nitrogen and oxygen atoms in total. The molecule has 0 spiro atoms. The highest BCUT2D eigenvalue weighted by Gasteiger charge is 2.32. The molecule has 1 aromatic carbocycles. The first-order chi connectivity index (χ1) is 9.11. The molecule has 0 saturated carbocycles. The minimum atomic E-state index is 0.137. The second-order valence-electron chi connectivity index (χ2n) is 4.83. The van der Waals surface area contributed by atoms with Gasteiger partial charge in [-0.15, -0.1) is 11.8 Å². The van der Waals surface area contributed by atoms with Crippen LogP contribution in [0.4, 0.5) is 0 Å². The summed E-state index contributed by atoms with van der Waals surface area (Å²) in [6, 6.07) is 7.97. The maximum atomic E-state index is 12.0. The van der Waals surface area contributed by atoms with Gasteiger partial charge in [0.2, 0.25) is 5.91 Å². The average Bonchev–Trinajstić information content (AvgIpc) is 2.78. The fourth-order valence-electron chi connectivity index (χ4n) is 2.05. The molecule has 104 valence electrons. The zero-order chi connectivity index (χ0) is 13.8. The predicted octanol–water partition coefficient (Wildman–Crippen LogP) is 1.83. The molecule has 19 heavy (non-hydrogen) atoms. The largest absolute Gasteiger partial charge is 0.497 e. The Labute approximate surface area is 118 Å². The standard InChI is InChI=1S/C14H20N2O2S/c1-15(2)8-9-16-13(17)10-19-14(16)11-4-6-12(18-3)7-5-11/h4-7,14H,8-10H2,1-3H3. The van der Waals surface area contributed by atoms with Crippen LogP contribution in [-0.2, 0) is 4.79 Å². The molecule has 1 saturated heterocycles. The smallest absolute Gasteiger partial charge is 0.233 e. The molecule has 2 rings (SSSR count). The van der Waals surface area contributed by atoms with Crippen molar-refractivity contribution >= 4 is 17.7 Å². The first-order valence-corrected chi connectivity index (χ1v) is 7.36. The molecule has 1 unspecified atom stereocenters. The number of likely N-dealkylation sites (N-methyl/N-ethyl adjacent to an activating group) is 1. The molecule has 1 heterocycles. The highest BCUT2D eigenvalue weighted by atomic mass is 32.2. The van der Waals surface area contributed by atoms with Crippen molar-refractivity contribution in [1.82, 2.24) is 9.80 Å². The lowest BCUT2D eigenvalue weighted by Crippen LogP contribution is -2.34. The summed E-state index contributed by atoms with van der Waals surface area (Å²) in [7, 11) is 5.71. The van der Waals surface area contributed by atoms with Gasteiger partial charge in [-0.3, -0.25) is 4.79 Å². The highest BCUT2D eigenvalue weighted by Crippen LogP contribution is 2.38. The SMILES string of the molecule is COc1ccc(C2SCC(=O)N2CCN(C)C)cc1. The maximum absolute atomic E-state index is 12.0. The van der Waals surface area contributed by atoms with Crippen molar-refractivity contribution in [2.45, 2.75) is 5.37 Å². The fraction of sp³-hybridized carbons (Fsp3) is 0.500. The van der Waals surface area contributed by atoms with Crippen molar-refractivity contribution in [3.8, 4) is 5.75 Å². The van der Waals surface area contributed by atoms with E-state index in [1.165, 1.54) is 0 Å². The normalized spacial score (nSPS) is 19.3. The molecule has 0 N–H and O–H groups in total. The quantitative estimate of drug-likeness (QED) is 0.824. The maximum Gasteiger partial charge on any atom is 0.233 e. The molecule has 1 aliphatic heterocycles. The zero-order valence-corrected chi connectivity index (χ0v) is 12.4. The highest BCUT2D eigenvalue weighted by molar-refractivity contribution is 8.00. The Kier molecular flexibility index (Phi) is 4.71. The lowest BCUT2D eigenvalue weighted by molar-refractivity contribution is -0.128. The summed E-state index contributed by atoms with van der Waals surface area (Å²) in [5, 5.41) is 0.137. The van der Waals surface area contributed by atoms with Crippen LogP contribution in [0.1, 0.15) is 10.9 Å². The van der Waals surface area contributed by atoms with Crippen molar-refractivity contribution in [3.63, 3.8) is 0 Å². The number of rotatable bonds is 5. The monoisotopic (exact) mass is 280 g/mol. The van der Waals surface area contributed by atoms with E-state index in [0.717, 1.165) is 24.4 Å². The second-order valence-corrected chi connectivity index (χ2v) is 5.90. The molecule has 0 aromatic heterocycles. The van der Waals surface area contributed by atoms with Crippen molar-refractivity contribution in [1.29, 1.82) is 0 Å². The number of thioether (sulfide) groups is 1. The van der Waals surface area contributed by atoms with Gasteiger partial charge >= 0.3 is 0 Å². The molecule has 1 fully saturated rings. The summed E-state index contributed by atoms with van der Waals surface area (Å²) in [5.41, 5.74) is 1.16. The van der Waals surface area contributed by atoms with Crippen molar-refractivity contribution in [2.24, 2.45) is 0 Å². The van der Waals surface area contributed by atoms with Crippen LogP contribution in [0.25, 0.3) is 0 Å². The summed E-state index contributed by atoms with van der Waals surface area (Å²) in [6.45, 7) is 1.66. The third kappa shape index (κ3) is 3.42. The van der Waals surface area contributed by atoms with E-state index in [4.69, 9.17) is 4.74 Å². The van der Waals surface area contributed by atoms with E-state index in [1.54, 1.807) is 18.9 Å². The van der Waals surface area contributed by atoms with Gasteiger partial charge in [0.05, 0.1) is 12.9 Å². The number of amides is 1. The number of carbonyl (C=O) groups excluding carboxylic acids is 1. The molecule has 1 aliphatic rings. The van der Waals surface area contributed by atoms with Gasteiger partial charge in [0.1, 0.15) is 11.1 Å². The Hall–Kier alpha value is -1.20. The van der Waals surface area contributed by atoms with Crippen LogP contribution in [0.3, 0.4) is 0 Å². The van der Waals surface area contributed by atoms with E-state index in [-0.39, 0.29) is 11.3 Å². The van der Waals surface area contributed by atoms with Crippen molar-refractivity contribution < 1.29 is 9.53 Å². The Morgan fingerprint density at radius 1 is 1.37 bits per heavy atom. The average molecular weight is 280 g/mol. The summed E-state index contributed by atoms with van der Waals surface area (Å²) in [5.74, 6) is 1.65. The van der Waals surface area contributed by atoms with Crippen LogP contribution in [0, 0.1) is 0 Å². The van der Waals surface area contributed by atoms with Gasteiger partial charge in [0.25, 0.3) is 0 Å². The number of nitrogens with zero attached hydrogens (tertiary/aromatic N) is 2. The van der Waals surface area contributed by atoms with Gasteiger partial charge < -0.3 is 14.5 Å². The van der Waals surface area contributed by atoms with E-state index in [2.05, 4.69) is 4.90 Å². The number of hydrogen-bond acceptors (Lipinski definition) is 4. The molecular weight excluding hydrogens is 260 g/mol. The predicted molar refractivity (Wildman–Crippen MR) is 78.5 cm³/mol. The number of methoxy groups -OCH3 is 1. The summed E-state index contributed by atoms with van der Waals surface area (Å²) in [4.78, 5) is 16.0. The van der Waals surface area contributed by atoms with Crippen LogP contribution in [0.2, 0.25) is 0 Å². The Morgan fingerprint density at radius 2 is 2.05 bits per heavy atom. The number of carbonyl (C=O) groups is 1. The van der Waals surface area contributed by atoms with Gasteiger partial charge in [-0.05, 0) is 31.8 Å². The molecule has 0 bridgehead atoms. The van der Waals surface area contributed by atoms with E-state index >= 15 is 0 Å². The van der Waals surface area contributed by atoms with Gasteiger partial charge in [-0.2, -0.15) is 0 Å². The Morgan fingerprint density at radius 3 is 2.63 bits per heavy atom. The summed E-state index contributed by atoms with van der Waals surface area (Å²) >= 11 is 1.69. The molecule has 0 aliphatic carbocycles. The van der Waals surface area contributed by atoms with E-state index < -0.39 is 0 Å². The van der Waals surface area contributed by atoms with Gasteiger partial charge in [-0.1, -0.05) is 12.1 Å². The Bertz CT molecular complexity index is 434. The minimum Gasteiger partial charge on any atom is -0.497 e. The third-order valence-corrected chi connectivity index (χ3v) is 4.41. The van der Waals surface area contributed by atoms with Crippen LogP contribution in [-0.4, -0.2) is 55.8 Å². The molecule has 1 atom stereocenters. The van der Waals surface area contributed by atoms with E-state index in [1.807, 2.05) is 43.3 Å². The number of hydrogen-bond donors (Lipinski definition) is 0. The lowest BCUT2D eigenvalue weighted by atomic mass is 10.2. The Balaban J connectivity index is 2.10. The van der Waals surface area contributed by atoms with Crippen LogP contribution in [0.5, 0.6) is 5.75 Å². The molecular formula is C14H20N2O2S. The number of benzene rings is 1. The first-order valence-electron chi connectivity index (χ1n) is 6.31. The molecule has 1 aromatic rings. The van der Waals surface area contributed by atoms with Crippen LogP contribution < -0.4 is 4.74 Å². The molecule has 1 amide bonds. The topological polar surface area (TPSA) is 32.8 Å². The fourth-order valence-corrected chi connectivity index (χ4v) is 3.27. The lowest BCUT2D eigenvalue weighted by Gasteiger charge is -2.25. The summed E-state index contributed by atoms with van der Waals surface area (Å²) in [6.07, 6.45) is 0. The van der Waals surface area contributed by atoms with Gasteiger partial charge in [0, 0.05) is 13.1 Å². The minimum absolute atomic E-state index is 0.137. The van der Waals surface area contributed by atoms with Crippen LogP contribution >= 0.6 is 11.8 Å². The van der Waals surface area contributed by atoms with Crippen LogP contribution in [0.15, 0.2) is 24.3 Å². The third-order valence-electron chi connectivity index (χ3n) is 3.16. The first kappa shape index (κ1) is 14.2. The van der Waals surface area contributed by atoms with Crippen molar-refractivity contribution in [2.75, 3.05) is 40.0 Å². The van der Waals surface area contributed by atoms with E-state index in [9.17, 15) is 4.79 Å². The second kappa shape index (κ2) is 6.30. The molecule has 5 heteroatoms. The zero-order valence-electron chi connectivity index (χ0n) is 11.6. The van der Waals surface area contributed by atoms with E-state index in [0.29, 0.717) is 5.75 Å². The van der Waals surface area contributed by atoms with Gasteiger partial charge in [0.15, 0.2) is 0 Å². The summed E-state index contributed by atoms with van der Waals surface area (Å²) < 4.78 is 5.16. The molecule has 0 radical (unpaired) electrons.